The summed E-state index contributed by atoms with van der Waals surface area (Å²) in [6, 6.07) is 6.79. The van der Waals surface area contributed by atoms with E-state index in [0.717, 1.165) is 22.2 Å². The van der Waals surface area contributed by atoms with Gasteiger partial charge < -0.3 is 9.90 Å². The molecule has 0 spiro atoms. The van der Waals surface area contributed by atoms with Crippen molar-refractivity contribution in [3.8, 4) is 0 Å². The number of rotatable bonds is 4. The number of aliphatic carboxylic acids is 1. The topological polar surface area (TPSA) is 77.5 Å². The predicted molar refractivity (Wildman–Crippen MR) is 73.8 cm³/mol. The summed E-state index contributed by atoms with van der Waals surface area (Å²) in [5.41, 5.74) is 0.736. The van der Waals surface area contributed by atoms with Crippen LogP contribution in [0.5, 0.6) is 0 Å². The van der Waals surface area contributed by atoms with E-state index in [2.05, 4.69) is 0 Å². The van der Waals surface area contributed by atoms with Gasteiger partial charge in [0, 0.05) is 24.0 Å². The zero-order valence-electron chi connectivity index (χ0n) is 10.2. The normalized spacial score (nSPS) is 17.1. The Hall–Kier alpha value is -1.79. The quantitative estimate of drug-likeness (QED) is 0.788. The van der Waals surface area contributed by atoms with Gasteiger partial charge in [-0.1, -0.05) is 23.7 Å². The standard InChI is InChI=1S/C13H10ClNO4S/c14-9-3-1-8(2-4-9)7-10-12(18)15(13(19)20-10)6-5-11(16)17/h1-4,7H,5-6H2,(H,16,17)/p-1/b10-7+. The molecule has 0 radical (unpaired) electrons. The van der Waals surface area contributed by atoms with Crippen LogP contribution in [0.4, 0.5) is 4.79 Å². The molecule has 2 rings (SSSR count). The molecular formula is C13H9ClNO4S-. The third kappa shape index (κ3) is 3.40. The molecule has 0 aromatic heterocycles. The molecule has 1 aliphatic heterocycles. The van der Waals surface area contributed by atoms with Crippen molar-refractivity contribution in [3.05, 3.63) is 39.8 Å². The monoisotopic (exact) mass is 310 g/mol. The lowest BCUT2D eigenvalue weighted by atomic mass is 10.2. The van der Waals surface area contributed by atoms with Gasteiger partial charge >= 0.3 is 0 Å². The van der Waals surface area contributed by atoms with Crippen LogP contribution in [0.2, 0.25) is 5.02 Å². The predicted octanol–water partition coefficient (Wildman–Crippen LogP) is 1.52. The Labute approximate surface area is 124 Å². The van der Waals surface area contributed by atoms with Crippen LogP contribution in [0.3, 0.4) is 0 Å². The molecule has 20 heavy (non-hydrogen) atoms. The molecular weight excluding hydrogens is 302 g/mol. The van der Waals surface area contributed by atoms with Gasteiger partial charge in [-0.15, -0.1) is 0 Å². The van der Waals surface area contributed by atoms with Gasteiger partial charge in [0.15, 0.2) is 0 Å². The zero-order chi connectivity index (χ0) is 14.7. The molecule has 0 N–H and O–H groups in total. The van der Waals surface area contributed by atoms with E-state index < -0.39 is 17.1 Å². The highest BCUT2D eigenvalue weighted by Crippen LogP contribution is 2.32. The lowest BCUT2D eigenvalue weighted by molar-refractivity contribution is -0.305. The molecule has 1 aromatic carbocycles. The Balaban J connectivity index is 2.14. The minimum Gasteiger partial charge on any atom is -0.550 e. The van der Waals surface area contributed by atoms with Gasteiger partial charge in [-0.2, -0.15) is 0 Å². The maximum Gasteiger partial charge on any atom is 0.293 e. The summed E-state index contributed by atoms with van der Waals surface area (Å²) < 4.78 is 0. The first-order valence-electron chi connectivity index (χ1n) is 5.68. The second-order valence-corrected chi connectivity index (χ2v) is 5.44. The second-order valence-electron chi connectivity index (χ2n) is 4.01. The van der Waals surface area contributed by atoms with Crippen molar-refractivity contribution in [3.63, 3.8) is 0 Å². The van der Waals surface area contributed by atoms with Gasteiger partial charge in [0.2, 0.25) is 0 Å². The molecule has 5 nitrogen and oxygen atoms in total. The number of imide groups is 1. The summed E-state index contributed by atoms with van der Waals surface area (Å²) in [4.78, 5) is 35.2. The third-order valence-electron chi connectivity index (χ3n) is 2.58. The van der Waals surface area contributed by atoms with Gasteiger partial charge in [0.1, 0.15) is 0 Å². The number of amides is 2. The maximum absolute atomic E-state index is 12.0. The van der Waals surface area contributed by atoms with Crippen LogP contribution in [-0.2, 0) is 9.59 Å². The van der Waals surface area contributed by atoms with Crippen molar-refractivity contribution in [1.29, 1.82) is 0 Å². The van der Waals surface area contributed by atoms with Crippen molar-refractivity contribution in [2.45, 2.75) is 6.42 Å². The highest BCUT2D eigenvalue weighted by Gasteiger charge is 2.34. The number of thioether (sulfide) groups is 1. The lowest BCUT2D eigenvalue weighted by Gasteiger charge is -2.12. The first-order chi connectivity index (χ1) is 9.47. The molecule has 0 bridgehead atoms. The van der Waals surface area contributed by atoms with Crippen molar-refractivity contribution in [1.82, 2.24) is 4.90 Å². The molecule has 2 amide bonds. The van der Waals surface area contributed by atoms with Crippen molar-refractivity contribution >= 4 is 46.6 Å². The van der Waals surface area contributed by atoms with E-state index in [0.29, 0.717) is 5.02 Å². The number of benzene rings is 1. The first-order valence-corrected chi connectivity index (χ1v) is 6.87. The summed E-state index contributed by atoms with van der Waals surface area (Å²) in [7, 11) is 0. The Morgan fingerprint density at radius 3 is 2.55 bits per heavy atom. The number of carbonyl (C=O) groups is 3. The van der Waals surface area contributed by atoms with E-state index in [-0.39, 0.29) is 17.9 Å². The molecule has 1 fully saturated rings. The first kappa shape index (κ1) is 14.6. The van der Waals surface area contributed by atoms with Crippen LogP contribution in [0.1, 0.15) is 12.0 Å². The highest BCUT2D eigenvalue weighted by atomic mass is 35.5. The van der Waals surface area contributed by atoms with Crippen LogP contribution in [-0.4, -0.2) is 28.6 Å². The fraction of sp³-hybridized carbons (Fsp3) is 0.154. The van der Waals surface area contributed by atoms with Gasteiger partial charge in [-0.25, -0.2) is 0 Å². The molecule has 7 heteroatoms. The van der Waals surface area contributed by atoms with E-state index >= 15 is 0 Å². The van der Waals surface area contributed by atoms with Gasteiger partial charge in [0.25, 0.3) is 11.1 Å². The molecule has 1 aromatic rings. The highest BCUT2D eigenvalue weighted by molar-refractivity contribution is 8.18. The summed E-state index contributed by atoms with van der Waals surface area (Å²) in [6.45, 7) is -0.176. The second kappa shape index (κ2) is 6.11. The summed E-state index contributed by atoms with van der Waals surface area (Å²) in [6.07, 6.45) is 1.20. The number of carbonyl (C=O) groups excluding carboxylic acids is 3. The van der Waals surface area contributed by atoms with Gasteiger partial charge in [-0.05, 0) is 35.5 Å². The molecule has 0 atom stereocenters. The Morgan fingerprint density at radius 1 is 1.30 bits per heavy atom. The Kier molecular flexibility index (Phi) is 4.46. The van der Waals surface area contributed by atoms with Crippen LogP contribution in [0, 0.1) is 0 Å². The smallest absolute Gasteiger partial charge is 0.293 e. The van der Waals surface area contributed by atoms with Crippen molar-refractivity contribution in [2.24, 2.45) is 0 Å². The number of halogens is 1. The average molecular weight is 311 g/mol. The molecule has 0 saturated carbocycles. The minimum absolute atomic E-state index is 0.176. The minimum atomic E-state index is -1.30. The molecule has 104 valence electrons. The van der Waals surface area contributed by atoms with E-state index in [9.17, 15) is 19.5 Å². The van der Waals surface area contributed by atoms with Crippen molar-refractivity contribution < 1.29 is 19.5 Å². The van der Waals surface area contributed by atoms with E-state index in [1.807, 2.05) is 0 Å². The summed E-state index contributed by atoms with van der Waals surface area (Å²) in [5, 5.41) is 10.5. The number of carboxylic acid groups (broad SMARTS) is 1. The Morgan fingerprint density at radius 2 is 1.95 bits per heavy atom. The van der Waals surface area contributed by atoms with Gasteiger partial charge in [0.05, 0.1) is 4.91 Å². The largest absolute Gasteiger partial charge is 0.550 e. The molecule has 0 aliphatic carbocycles. The third-order valence-corrected chi connectivity index (χ3v) is 3.74. The lowest BCUT2D eigenvalue weighted by Crippen LogP contribution is -2.33. The number of carboxylic acids is 1. The molecule has 1 heterocycles. The number of nitrogens with zero attached hydrogens (tertiary/aromatic N) is 1. The summed E-state index contributed by atoms with van der Waals surface area (Å²) in [5.74, 6) is -1.79. The maximum atomic E-state index is 12.0. The zero-order valence-corrected chi connectivity index (χ0v) is 11.7. The van der Waals surface area contributed by atoms with Gasteiger partial charge in [-0.3, -0.25) is 14.5 Å². The van der Waals surface area contributed by atoms with Crippen LogP contribution >= 0.6 is 23.4 Å². The van der Waals surface area contributed by atoms with Crippen LogP contribution in [0.15, 0.2) is 29.2 Å². The van der Waals surface area contributed by atoms with Crippen molar-refractivity contribution in [2.75, 3.05) is 6.54 Å². The van der Waals surface area contributed by atoms with E-state index in [1.54, 1.807) is 30.3 Å². The molecule has 1 saturated heterocycles. The fourth-order valence-corrected chi connectivity index (χ4v) is 2.60. The number of hydrogen-bond acceptors (Lipinski definition) is 5. The summed E-state index contributed by atoms with van der Waals surface area (Å²) >= 11 is 6.54. The Bertz CT molecular complexity index is 597. The van der Waals surface area contributed by atoms with Crippen LogP contribution in [0.25, 0.3) is 6.08 Å². The van der Waals surface area contributed by atoms with E-state index in [4.69, 9.17) is 11.6 Å². The average Bonchev–Trinajstić information content (AvgIpc) is 2.65. The SMILES string of the molecule is O=C([O-])CCN1C(=O)S/C(=C/c2ccc(Cl)cc2)C1=O. The fourth-order valence-electron chi connectivity index (χ4n) is 1.61. The van der Waals surface area contributed by atoms with E-state index in [1.165, 1.54) is 0 Å². The van der Waals surface area contributed by atoms with Crippen LogP contribution < -0.4 is 5.11 Å². The molecule has 0 unspecified atom stereocenters. The molecule has 1 aliphatic rings. The number of hydrogen-bond donors (Lipinski definition) is 0.